The number of piperidine rings is 1. The van der Waals surface area contributed by atoms with Gasteiger partial charge in [-0.05, 0) is 19.9 Å². The van der Waals surface area contributed by atoms with Gasteiger partial charge in [-0.3, -0.25) is 4.79 Å². The van der Waals surface area contributed by atoms with E-state index in [4.69, 9.17) is 10.8 Å². The molecule has 13 heavy (non-hydrogen) atoms. The van der Waals surface area contributed by atoms with E-state index in [1.807, 2.05) is 20.9 Å². The first kappa shape index (κ1) is 12.4. The van der Waals surface area contributed by atoms with Crippen molar-refractivity contribution >= 4 is 5.97 Å². The van der Waals surface area contributed by atoms with Crippen LogP contribution in [-0.2, 0) is 4.79 Å². The smallest absolute Gasteiger partial charge is 0.323 e. The Kier molecular flexibility index (Phi) is 4.95. The fraction of sp³-hybridized carbons (Fsp3) is 0.889. The molecule has 0 aliphatic carbocycles. The molecule has 0 saturated carbocycles. The quantitative estimate of drug-likeness (QED) is 0.629. The summed E-state index contributed by atoms with van der Waals surface area (Å²) in [6, 6.07) is 0. The van der Waals surface area contributed by atoms with Crippen molar-refractivity contribution in [2.75, 3.05) is 20.1 Å². The maximum absolute atomic E-state index is 10.6. The summed E-state index contributed by atoms with van der Waals surface area (Å²) in [6.45, 7) is 5.56. The number of aliphatic carboxylic acids is 1. The van der Waals surface area contributed by atoms with Gasteiger partial charge in [-0.1, -0.05) is 13.8 Å². The van der Waals surface area contributed by atoms with E-state index >= 15 is 0 Å². The van der Waals surface area contributed by atoms with Gasteiger partial charge in [0.25, 0.3) is 0 Å². The largest absolute Gasteiger partial charge is 0.480 e. The Morgan fingerprint density at radius 1 is 1.38 bits per heavy atom. The number of rotatable bonds is 1. The molecule has 0 amide bonds. The Hall–Kier alpha value is -0.610. The number of likely N-dealkylation sites (tertiary alicyclic amines) is 1. The third-order valence-electron chi connectivity index (χ3n) is 2.31. The van der Waals surface area contributed by atoms with Crippen molar-refractivity contribution in [3.63, 3.8) is 0 Å². The number of nitrogens with zero attached hydrogens (tertiary/aromatic N) is 1. The summed E-state index contributed by atoms with van der Waals surface area (Å²) in [6.07, 6.45) is 1.11. The van der Waals surface area contributed by atoms with Crippen molar-refractivity contribution in [3.05, 3.63) is 0 Å². The Labute approximate surface area is 79.7 Å². The molecule has 4 heteroatoms. The number of carbonyl (C=O) groups is 1. The fourth-order valence-corrected chi connectivity index (χ4v) is 1.23. The molecular formula is C9H20N2O2. The average molecular weight is 188 g/mol. The second kappa shape index (κ2) is 5.19. The Bertz CT molecular complexity index is 163. The highest BCUT2D eigenvalue weighted by molar-refractivity contribution is 5.78. The summed E-state index contributed by atoms with van der Waals surface area (Å²) in [4.78, 5) is 12.7. The Morgan fingerprint density at radius 3 is 2.08 bits per heavy atom. The van der Waals surface area contributed by atoms with E-state index in [0.29, 0.717) is 12.8 Å². The molecule has 0 bridgehead atoms. The predicted octanol–water partition coefficient (Wildman–Crippen LogP) is 0.520. The van der Waals surface area contributed by atoms with Crippen LogP contribution in [0.5, 0.6) is 0 Å². The molecule has 1 aliphatic rings. The molecule has 1 fully saturated rings. The lowest BCUT2D eigenvalue weighted by Crippen LogP contribution is -2.54. The molecule has 0 aromatic carbocycles. The molecule has 1 aliphatic heterocycles. The lowest BCUT2D eigenvalue weighted by molar-refractivity contribution is -0.145. The van der Waals surface area contributed by atoms with E-state index in [-0.39, 0.29) is 0 Å². The van der Waals surface area contributed by atoms with Crippen LogP contribution in [0.1, 0.15) is 26.7 Å². The van der Waals surface area contributed by atoms with Crippen LogP contribution in [0.4, 0.5) is 0 Å². The number of carboxylic acids is 1. The fourth-order valence-electron chi connectivity index (χ4n) is 1.23. The highest BCUT2D eigenvalue weighted by atomic mass is 16.4. The molecular weight excluding hydrogens is 168 g/mol. The van der Waals surface area contributed by atoms with Crippen LogP contribution in [0.25, 0.3) is 0 Å². The van der Waals surface area contributed by atoms with Gasteiger partial charge in [0, 0.05) is 13.1 Å². The van der Waals surface area contributed by atoms with E-state index in [1.54, 1.807) is 0 Å². The van der Waals surface area contributed by atoms with E-state index in [0.717, 1.165) is 13.1 Å². The SMILES string of the molecule is CC.CN1CCC(N)(C(=O)O)CC1. The summed E-state index contributed by atoms with van der Waals surface area (Å²) >= 11 is 0. The zero-order chi connectivity index (χ0) is 10.5. The topological polar surface area (TPSA) is 66.6 Å². The highest BCUT2D eigenvalue weighted by Crippen LogP contribution is 2.18. The van der Waals surface area contributed by atoms with Gasteiger partial charge in [-0.15, -0.1) is 0 Å². The lowest BCUT2D eigenvalue weighted by atomic mass is 9.89. The van der Waals surface area contributed by atoms with E-state index in [9.17, 15) is 4.79 Å². The van der Waals surface area contributed by atoms with Crippen molar-refractivity contribution in [3.8, 4) is 0 Å². The van der Waals surface area contributed by atoms with Crippen LogP contribution in [0.3, 0.4) is 0 Å². The van der Waals surface area contributed by atoms with E-state index in [2.05, 4.69) is 4.90 Å². The molecule has 4 nitrogen and oxygen atoms in total. The third kappa shape index (κ3) is 3.32. The highest BCUT2D eigenvalue weighted by Gasteiger charge is 2.36. The minimum atomic E-state index is -0.966. The van der Waals surface area contributed by atoms with E-state index < -0.39 is 11.5 Å². The zero-order valence-corrected chi connectivity index (χ0v) is 8.71. The first-order valence-corrected chi connectivity index (χ1v) is 4.75. The lowest BCUT2D eigenvalue weighted by Gasteiger charge is -2.33. The minimum Gasteiger partial charge on any atom is -0.480 e. The standard InChI is InChI=1S/C7H14N2O2.C2H6/c1-9-4-2-7(8,3-5-9)6(10)11;1-2/h2-5,8H2,1H3,(H,10,11);1-2H3. The van der Waals surface area contributed by atoms with Gasteiger partial charge in [-0.2, -0.15) is 0 Å². The second-order valence-corrected chi connectivity index (χ2v) is 3.26. The van der Waals surface area contributed by atoms with Crippen LogP contribution >= 0.6 is 0 Å². The summed E-state index contributed by atoms with van der Waals surface area (Å²) in [5.41, 5.74) is 4.67. The molecule has 0 atom stereocenters. The molecule has 1 heterocycles. The van der Waals surface area contributed by atoms with Gasteiger partial charge in [0.1, 0.15) is 5.54 Å². The number of hydrogen-bond acceptors (Lipinski definition) is 3. The second-order valence-electron chi connectivity index (χ2n) is 3.26. The number of hydrogen-bond donors (Lipinski definition) is 2. The average Bonchev–Trinajstić information content (AvgIpc) is 2.14. The third-order valence-corrected chi connectivity index (χ3v) is 2.31. The first-order valence-electron chi connectivity index (χ1n) is 4.75. The van der Waals surface area contributed by atoms with Crippen molar-refractivity contribution < 1.29 is 9.90 Å². The van der Waals surface area contributed by atoms with Gasteiger partial charge in [-0.25, -0.2) is 0 Å². The van der Waals surface area contributed by atoms with Crippen molar-refractivity contribution in [2.24, 2.45) is 5.73 Å². The van der Waals surface area contributed by atoms with Crippen LogP contribution in [-0.4, -0.2) is 41.7 Å². The Balaban J connectivity index is 0.000000671. The molecule has 0 spiro atoms. The number of carboxylic acid groups (broad SMARTS) is 1. The molecule has 0 unspecified atom stereocenters. The summed E-state index contributed by atoms with van der Waals surface area (Å²) in [5.74, 6) is -0.870. The van der Waals surface area contributed by atoms with E-state index in [1.165, 1.54) is 0 Å². The minimum absolute atomic E-state index is 0.554. The first-order chi connectivity index (χ1) is 6.04. The molecule has 3 N–H and O–H groups in total. The Morgan fingerprint density at radius 2 is 1.77 bits per heavy atom. The maximum atomic E-state index is 10.6. The zero-order valence-electron chi connectivity index (χ0n) is 8.71. The predicted molar refractivity (Wildman–Crippen MR) is 52.6 cm³/mol. The van der Waals surface area contributed by atoms with Crippen molar-refractivity contribution in [1.82, 2.24) is 4.90 Å². The van der Waals surface area contributed by atoms with Gasteiger partial charge in [0.15, 0.2) is 0 Å². The molecule has 1 rings (SSSR count). The van der Waals surface area contributed by atoms with Crippen molar-refractivity contribution in [2.45, 2.75) is 32.2 Å². The summed E-state index contributed by atoms with van der Waals surface area (Å²) in [5, 5.41) is 8.74. The van der Waals surface area contributed by atoms with Gasteiger partial charge < -0.3 is 15.7 Å². The monoisotopic (exact) mass is 188 g/mol. The molecule has 0 aromatic rings. The van der Waals surface area contributed by atoms with Gasteiger partial charge in [0.2, 0.25) is 0 Å². The van der Waals surface area contributed by atoms with Crippen LogP contribution in [0, 0.1) is 0 Å². The molecule has 1 saturated heterocycles. The normalized spacial score (nSPS) is 21.5. The van der Waals surface area contributed by atoms with Crippen molar-refractivity contribution in [1.29, 1.82) is 0 Å². The summed E-state index contributed by atoms with van der Waals surface area (Å²) in [7, 11) is 1.97. The van der Waals surface area contributed by atoms with Gasteiger partial charge in [0.05, 0.1) is 0 Å². The van der Waals surface area contributed by atoms with Crippen LogP contribution in [0.15, 0.2) is 0 Å². The van der Waals surface area contributed by atoms with Gasteiger partial charge >= 0.3 is 5.97 Å². The summed E-state index contributed by atoms with van der Waals surface area (Å²) < 4.78 is 0. The molecule has 0 aromatic heterocycles. The molecule has 0 radical (unpaired) electrons. The van der Waals surface area contributed by atoms with Crippen LogP contribution in [0.2, 0.25) is 0 Å². The van der Waals surface area contributed by atoms with Crippen LogP contribution < -0.4 is 5.73 Å². The number of nitrogens with two attached hydrogens (primary N) is 1. The molecule has 78 valence electrons. The maximum Gasteiger partial charge on any atom is 0.323 e.